The first-order valence-corrected chi connectivity index (χ1v) is 9.62. The lowest BCUT2D eigenvalue weighted by Gasteiger charge is -2.37. The zero-order valence-corrected chi connectivity index (χ0v) is 18.6. The molecule has 1 saturated heterocycles. The minimum absolute atomic E-state index is 0. The molecule has 2 rings (SSSR count). The van der Waals surface area contributed by atoms with Crippen LogP contribution in [0.1, 0.15) is 38.3 Å². The topological polar surface area (TPSA) is 45.7 Å². The molecule has 1 heterocycles. The summed E-state index contributed by atoms with van der Waals surface area (Å²) in [6, 6.07) is 3.75. The Morgan fingerprint density at radius 3 is 2.58 bits per heavy atom. The molecule has 148 valence electrons. The molecule has 0 amide bonds. The third kappa shape index (κ3) is 6.53. The number of hydrogen-bond acceptors (Lipinski definition) is 3. The Kier molecular flexibility index (Phi) is 10.2. The molecule has 0 bridgehead atoms. The van der Waals surface area contributed by atoms with Gasteiger partial charge in [0.05, 0.1) is 6.04 Å². The number of rotatable bonds is 6. The maximum atomic E-state index is 13.4. The molecule has 1 aromatic rings. The minimum Gasteiger partial charge on any atom is -0.381 e. The van der Waals surface area contributed by atoms with Gasteiger partial charge in [0.1, 0.15) is 0 Å². The molecule has 0 aliphatic carbocycles. The van der Waals surface area contributed by atoms with E-state index in [2.05, 4.69) is 22.5 Å². The lowest BCUT2D eigenvalue weighted by atomic mass is 9.99. The third-order valence-corrected chi connectivity index (χ3v) is 5.91. The molecule has 4 nitrogen and oxygen atoms in total. The van der Waals surface area contributed by atoms with Crippen molar-refractivity contribution < 1.29 is 13.5 Å². The van der Waals surface area contributed by atoms with Gasteiger partial charge >= 0.3 is 0 Å². The van der Waals surface area contributed by atoms with Gasteiger partial charge in [0, 0.05) is 31.6 Å². The standard InChI is InChI=1S/C18H27F2N3OS.HI/c1-4-25-18(7-9-24-10-8-18)12-22-17(21-3)23-13(2)14-5-6-15(19)16(20)11-14;/h5-6,11,13H,4,7-10,12H2,1-3H3,(H2,21,22,23);1H. The fourth-order valence-electron chi connectivity index (χ4n) is 2.93. The SMILES string of the molecule is CCSC1(CNC(=NC)NC(C)c2ccc(F)c(F)c2)CCOCC1.I. The van der Waals surface area contributed by atoms with Crippen LogP contribution in [0.25, 0.3) is 0 Å². The second-order valence-corrected chi connectivity index (χ2v) is 7.93. The Balaban J connectivity index is 0.00000338. The summed E-state index contributed by atoms with van der Waals surface area (Å²) in [6.07, 6.45) is 2.02. The van der Waals surface area contributed by atoms with Crippen molar-refractivity contribution in [1.29, 1.82) is 0 Å². The highest BCUT2D eigenvalue weighted by Gasteiger charge is 2.32. The number of nitrogens with one attached hydrogen (secondary N) is 2. The predicted octanol–water partition coefficient (Wildman–Crippen LogP) is 4.11. The second kappa shape index (κ2) is 11.3. The maximum Gasteiger partial charge on any atom is 0.191 e. The van der Waals surface area contributed by atoms with Crippen molar-refractivity contribution in [1.82, 2.24) is 10.6 Å². The van der Waals surface area contributed by atoms with Crippen molar-refractivity contribution >= 4 is 41.7 Å². The Labute approximate surface area is 176 Å². The fourth-order valence-corrected chi connectivity index (χ4v) is 4.17. The molecule has 0 spiro atoms. The molecule has 0 radical (unpaired) electrons. The van der Waals surface area contributed by atoms with Crippen LogP contribution >= 0.6 is 35.7 Å². The molecule has 0 aromatic heterocycles. The van der Waals surface area contributed by atoms with E-state index in [1.54, 1.807) is 13.1 Å². The van der Waals surface area contributed by atoms with Gasteiger partial charge in [0.15, 0.2) is 17.6 Å². The van der Waals surface area contributed by atoms with Gasteiger partial charge < -0.3 is 15.4 Å². The summed E-state index contributed by atoms with van der Waals surface area (Å²) in [4.78, 5) is 4.26. The van der Waals surface area contributed by atoms with Crippen molar-refractivity contribution in [3.05, 3.63) is 35.4 Å². The summed E-state index contributed by atoms with van der Waals surface area (Å²) in [5.41, 5.74) is 0.672. The quantitative estimate of drug-likeness (QED) is 0.352. The van der Waals surface area contributed by atoms with Crippen LogP contribution in [-0.4, -0.2) is 43.3 Å². The van der Waals surface area contributed by atoms with Crippen LogP contribution in [0, 0.1) is 11.6 Å². The highest BCUT2D eigenvalue weighted by atomic mass is 127. The Morgan fingerprint density at radius 1 is 1.31 bits per heavy atom. The van der Waals surface area contributed by atoms with Crippen LogP contribution in [0.5, 0.6) is 0 Å². The van der Waals surface area contributed by atoms with Crippen molar-refractivity contribution in [2.45, 2.75) is 37.5 Å². The zero-order valence-electron chi connectivity index (χ0n) is 15.5. The zero-order chi connectivity index (χ0) is 18.3. The van der Waals surface area contributed by atoms with Gasteiger partial charge in [-0.3, -0.25) is 4.99 Å². The molecular formula is C18H28F2IN3OS. The molecule has 1 atom stereocenters. The number of benzene rings is 1. The average Bonchev–Trinajstić information content (AvgIpc) is 2.62. The van der Waals surface area contributed by atoms with E-state index in [0.717, 1.165) is 44.4 Å². The first-order valence-electron chi connectivity index (χ1n) is 8.63. The van der Waals surface area contributed by atoms with Crippen molar-refractivity contribution in [2.24, 2.45) is 4.99 Å². The summed E-state index contributed by atoms with van der Waals surface area (Å²) < 4.78 is 32.2. The normalized spacial score (nSPS) is 18.0. The summed E-state index contributed by atoms with van der Waals surface area (Å²) in [7, 11) is 1.71. The Hall–Kier alpha value is -0.610. The van der Waals surface area contributed by atoms with Crippen LogP contribution in [0.2, 0.25) is 0 Å². The molecule has 1 aromatic carbocycles. The molecule has 2 N–H and O–H groups in total. The van der Waals surface area contributed by atoms with Crippen molar-refractivity contribution in [2.75, 3.05) is 32.6 Å². The van der Waals surface area contributed by atoms with Gasteiger partial charge in [-0.1, -0.05) is 13.0 Å². The van der Waals surface area contributed by atoms with E-state index in [-0.39, 0.29) is 34.8 Å². The smallest absolute Gasteiger partial charge is 0.191 e. The van der Waals surface area contributed by atoms with Crippen LogP contribution < -0.4 is 10.6 Å². The molecule has 1 unspecified atom stereocenters. The number of thioether (sulfide) groups is 1. The van der Waals surface area contributed by atoms with E-state index in [0.29, 0.717) is 11.5 Å². The number of guanidine groups is 1. The summed E-state index contributed by atoms with van der Waals surface area (Å²) >= 11 is 1.95. The van der Waals surface area contributed by atoms with Crippen molar-refractivity contribution in [3.8, 4) is 0 Å². The van der Waals surface area contributed by atoms with E-state index in [9.17, 15) is 8.78 Å². The minimum atomic E-state index is -0.838. The second-order valence-electron chi connectivity index (χ2n) is 6.19. The lowest BCUT2D eigenvalue weighted by Crippen LogP contribution is -2.48. The lowest BCUT2D eigenvalue weighted by molar-refractivity contribution is 0.0782. The largest absolute Gasteiger partial charge is 0.381 e. The monoisotopic (exact) mass is 499 g/mol. The van der Waals surface area contributed by atoms with Gasteiger partial charge in [-0.05, 0) is 43.2 Å². The maximum absolute atomic E-state index is 13.4. The van der Waals surface area contributed by atoms with Crippen LogP contribution in [-0.2, 0) is 4.74 Å². The third-order valence-electron chi connectivity index (χ3n) is 4.45. The van der Waals surface area contributed by atoms with Gasteiger partial charge in [0.2, 0.25) is 0 Å². The molecular weight excluding hydrogens is 471 g/mol. The van der Waals surface area contributed by atoms with E-state index >= 15 is 0 Å². The Bertz CT molecular complexity index is 592. The van der Waals surface area contributed by atoms with Gasteiger partial charge in [0.25, 0.3) is 0 Å². The van der Waals surface area contributed by atoms with Crippen LogP contribution in [0.15, 0.2) is 23.2 Å². The van der Waals surface area contributed by atoms with E-state index in [1.165, 1.54) is 6.07 Å². The molecule has 1 aliphatic heterocycles. The van der Waals surface area contributed by atoms with Crippen molar-refractivity contribution in [3.63, 3.8) is 0 Å². The van der Waals surface area contributed by atoms with E-state index in [4.69, 9.17) is 4.74 Å². The van der Waals surface area contributed by atoms with E-state index < -0.39 is 11.6 Å². The highest BCUT2D eigenvalue weighted by Crippen LogP contribution is 2.34. The Morgan fingerprint density at radius 2 is 2.00 bits per heavy atom. The number of halogens is 3. The van der Waals surface area contributed by atoms with Gasteiger partial charge in [-0.15, -0.1) is 24.0 Å². The summed E-state index contributed by atoms with van der Waals surface area (Å²) in [6.45, 7) is 6.42. The predicted molar refractivity (Wildman–Crippen MR) is 116 cm³/mol. The highest BCUT2D eigenvalue weighted by molar-refractivity contribution is 14.0. The number of hydrogen-bond donors (Lipinski definition) is 2. The number of aliphatic imine (C=N–C) groups is 1. The fraction of sp³-hybridized carbons (Fsp3) is 0.611. The summed E-state index contributed by atoms with van der Waals surface area (Å²) in [5.74, 6) is 0.0322. The first-order chi connectivity index (χ1) is 12.0. The summed E-state index contributed by atoms with van der Waals surface area (Å²) in [5, 5.41) is 6.62. The van der Waals surface area contributed by atoms with Crippen LogP contribution in [0.4, 0.5) is 8.78 Å². The average molecular weight is 499 g/mol. The molecule has 8 heteroatoms. The van der Waals surface area contributed by atoms with Crippen LogP contribution in [0.3, 0.4) is 0 Å². The number of nitrogens with zero attached hydrogens (tertiary/aromatic N) is 1. The first kappa shape index (κ1) is 23.4. The molecule has 0 saturated carbocycles. The molecule has 1 aliphatic rings. The number of ether oxygens (including phenoxy) is 1. The molecule has 26 heavy (non-hydrogen) atoms. The van der Waals surface area contributed by atoms with E-state index in [1.807, 2.05) is 18.7 Å². The van der Waals surface area contributed by atoms with Gasteiger partial charge in [-0.25, -0.2) is 8.78 Å². The molecule has 1 fully saturated rings. The van der Waals surface area contributed by atoms with Gasteiger partial charge in [-0.2, -0.15) is 11.8 Å².